The first-order valence-corrected chi connectivity index (χ1v) is 6.15. The van der Waals surface area contributed by atoms with Crippen LogP contribution in [0.3, 0.4) is 0 Å². The zero-order chi connectivity index (χ0) is 11.3. The van der Waals surface area contributed by atoms with E-state index in [9.17, 15) is 5.11 Å². The number of hydrogen-bond acceptors (Lipinski definition) is 3. The molecule has 2 atom stereocenters. The van der Waals surface area contributed by atoms with Crippen LogP contribution in [0.4, 0.5) is 0 Å². The third-order valence-corrected chi connectivity index (χ3v) is 3.74. The zero-order valence-corrected chi connectivity index (χ0v) is 10.3. The largest absolute Gasteiger partial charge is 0.389 e. The average Bonchev–Trinajstić information content (AvgIpc) is 2.79. The monoisotopic (exact) mass is 215 g/mol. The Bertz CT molecular complexity index is 174. The molecule has 0 radical (unpaired) electrons. The molecule has 1 fully saturated rings. The van der Waals surface area contributed by atoms with E-state index >= 15 is 0 Å². The van der Waals surface area contributed by atoms with Gasteiger partial charge >= 0.3 is 0 Å². The van der Waals surface area contributed by atoms with Crippen LogP contribution in [0, 0.1) is 5.92 Å². The molecule has 1 heterocycles. The summed E-state index contributed by atoms with van der Waals surface area (Å²) < 4.78 is 5.36. The number of hydrogen-bond donors (Lipinski definition) is 2. The van der Waals surface area contributed by atoms with Gasteiger partial charge in [0, 0.05) is 19.2 Å². The SMILES string of the molecule is CCC(O)(CC)CNC(C)C1CCOC1. The molecule has 2 unspecified atom stereocenters. The van der Waals surface area contributed by atoms with Gasteiger partial charge in [-0.1, -0.05) is 13.8 Å². The lowest BCUT2D eigenvalue weighted by Crippen LogP contribution is -2.45. The van der Waals surface area contributed by atoms with Gasteiger partial charge in [0.15, 0.2) is 0 Å². The minimum absolute atomic E-state index is 0.442. The van der Waals surface area contributed by atoms with E-state index in [1.807, 2.05) is 13.8 Å². The van der Waals surface area contributed by atoms with Crippen LogP contribution in [0.1, 0.15) is 40.0 Å². The van der Waals surface area contributed by atoms with Crippen LogP contribution in [0.25, 0.3) is 0 Å². The van der Waals surface area contributed by atoms with Crippen LogP contribution in [0.15, 0.2) is 0 Å². The van der Waals surface area contributed by atoms with Gasteiger partial charge in [-0.2, -0.15) is 0 Å². The summed E-state index contributed by atoms with van der Waals surface area (Å²) in [6.45, 7) is 8.71. The van der Waals surface area contributed by atoms with Crippen LogP contribution in [0.5, 0.6) is 0 Å². The van der Waals surface area contributed by atoms with Gasteiger partial charge in [0.25, 0.3) is 0 Å². The molecule has 0 bridgehead atoms. The Labute approximate surface area is 93.2 Å². The van der Waals surface area contributed by atoms with Crippen LogP contribution in [-0.4, -0.2) is 36.5 Å². The summed E-state index contributed by atoms with van der Waals surface area (Å²) in [5.41, 5.74) is -0.534. The zero-order valence-electron chi connectivity index (χ0n) is 10.3. The standard InChI is InChI=1S/C12H25NO2/c1-4-12(14,5-2)9-13-10(3)11-6-7-15-8-11/h10-11,13-14H,4-9H2,1-3H3. The predicted molar refractivity (Wildman–Crippen MR) is 61.9 cm³/mol. The van der Waals surface area contributed by atoms with E-state index in [4.69, 9.17) is 4.74 Å². The molecule has 1 saturated heterocycles. The van der Waals surface area contributed by atoms with E-state index in [1.54, 1.807) is 0 Å². The van der Waals surface area contributed by atoms with Crippen molar-refractivity contribution in [2.24, 2.45) is 5.92 Å². The second-order valence-electron chi connectivity index (χ2n) is 4.72. The Morgan fingerprint density at radius 3 is 2.60 bits per heavy atom. The molecule has 1 aliphatic rings. The van der Waals surface area contributed by atoms with E-state index in [2.05, 4.69) is 12.2 Å². The van der Waals surface area contributed by atoms with Crippen molar-refractivity contribution in [1.29, 1.82) is 0 Å². The molecular weight excluding hydrogens is 190 g/mol. The second-order valence-corrected chi connectivity index (χ2v) is 4.72. The number of nitrogens with one attached hydrogen (secondary N) is 1. The lowest BCUT2D eigenvalue weighted by molar-refractivity contribution is 0.0282. The maximum absolute atomic E-state index is 10.1. The Morgan fingerprint density at radius 2 is 2.13 bits per heavy atom. The van der Waals surface area contributed by atoms with Crippen molar-refractivity contribution in [1.82, 2.24) is 5.32 Å². The predicted octanol–water partition coefficient (Wildman–Crippen LogP) is 1.55. The summed E-state index contributed by atoms with van der Waals surface area (Å²) in [4.78, 5) is 0. The molecule has 0 saturated carbocycles. The summed E-state index contributed by atoms with van der Waals surface area (Å²) in [5, 5.41) is 13.6. The maximum atomic E-state index is 10.1. The molecule has 0 spiro atoms. The van der Waals surface area contributed by atoms with Gasteiger partial charge < -0.3 is 15.2 Å². The summed E-state index contributed by atoms with van der Waals surface area (Å²) in [6.07, 6.45) is 2.76. The minimum Gasteiger partial charge on any atom is -0.389 e. The minimum atomic E-state index is -0.534. The Kier molecular flexibility index (Phi) is 5.03. The summed E-state index contributed by atoms with van der Waals surface area (Å²) in [5.74, 6) is 0.614. The highest BCUT2D eigenvalue weighted by Crippen LogP contribution is 2.18. The average molecular weight is 215 g/mol. The van der Waals surface area contributed by atoms with Crippen LogP contribution < -0.4 is 5.32 Å². The van der Waals surface area contributed by atoms with E-state index in [1.165, 1.54) is 0 Å². The number of aliphatic hydroxyl groups is 1. The molecular formula is C12H25NO2. The van der Waals surface area contributed by atoms with Gasteiger partial charge in [0.2, 0.25) is 0 Å². The number of ether oxygens (including phenoxy) is 1. The first-order chi connectivity index (χ1) is 7.11. The Hall–Kier alpha value is -0.120. The van der Waals surface area contributed by atoms with Gasteiger partial charge in [-0.3, -0.25) is 0 Å². The van der Waals surface area contributed by atoms with Crippen molar-refractivity contribution >= 4 is 0 Å². The topological polar surface area (TPSA) is 41.5 Å². The molecule has 0 amide bonds. The number of rotatable bonds is 6. The lowest BCUT2D eigenvalue weighted by atomic mass is 9.95. The molecule has 0 aromatic carbocycles. The second kappa shape index (κ2) is 5.83. The van der Waals surface area contributed by atoms with Crippen molar-refractivity contribution in [2.75, 3.05) is 19.8 Å². The Morgan fingerprint density at radius 1 is 1.47 bits per heavy atom. The van der Waals surface area contributed by atoms with Crippen molar-refractivity contribution in [3.05, 3.63) is 0 Å². The summed E-state index contributed by atoms with van der Waals surface area (Å²) in [7, 11) is 0. The smallest absolute Gasteiger partial charge is 0.0766 e. The molecule has 0 aromatic rings. The van der Waals surface area contributed by atoms with Crippen molar-refractivity contribution in [3.63, 3.8) is 0 Å². The van der Waals surface area contributed by atoms with Crippen molar-refractivity contribution in [2.45, 2.75) is 51.7 Å². The van der Waals surface area contributed by atoms with E-state index in [-0.39, 0.29) is 0 Å². The first kappa shape index (κ1) is 12.9. The highest BCUT2D eigenvalue weighted by Gasteiger charge is 2.26. The van der Waals surface area contributed by atoms with Crippen LogP contribution in [-0.2, 0) is 4.74 Å². The molecule has 3 heteroatoms. The lowest BCUT2D eigenvalue weighted by Gasteiger charge is -2.29. The molecule has 0 aliphatic carbocycles. The third kappa shape index (κ3) is 3.74. The highest BCUT2D eigenvalue weighted by atomic mass is 16.5. The summed E-state index contributed by atoms with van der Waals surface area (Å²) >= 11 is 0. The fraction of sp³-hybridized carbons (Fsp3) is 1.00. The van der Waals surface area contributed by atoms with Gasteiger partial charge in [0.05, 0.1) is 12.2 Å². The van der Waals surface area contributed by atoms with Gasteiger partial charge in [0.1, 0.15) is 0 Å². The van der Waals surface area contributed by atoms with Gasteiger partial charge in [-0.05, 0) is 32.1 Å². The van der Waals surface area contributed by atoms with Crippen molar-refractivity contribution in [3.8, 4) is 0 Å². The molecule has 0 aromatic heterocycles. The fourth-order valence-corrected chi connectivity index (χ4v) is 1.96. The molecule has 2 N–H and O–H groups in total. The van der Waals surface area contributed by atoms with E-state index in [0.717, 1.165) is 32.5 Å². The normalized spacial score (nSPS) is 24.4. The van der Waals surface area contributed by atoms with Crippen LogP contribution >= 0.6 is 0 Å². The first-order valence-electron chi connectivity index (χ1n) is 6.15. The van der Waals surface area contributed by atoms with Gasteiger partial charge in [-0.25, -0.2) is 0 Å². The molecule has 3 nitrogen and oxygen atoms in total. The summed E-state index contributed by atoms with van der Waals surface area (Å²) in [6, 6.07) is 0.442. The quantitative estimate of drug-likeness (QED) is 0.706. The Balaban J connectivity index is 2.28. The molecule has 15 heavy (non-hydrogen) atoms. The molecule has 1 rings (SSSR count). The fourth-order valence-electron chi connectivity index (χ4n) is 1.96. The van der Waals surface area contributed by atoms with E-state index in [0.29, 0.717) is 18.5 Å². The molecule has 1 aliphatic heterocycles. The maximum Gasteiger partial charge on any atom is 0.0766 e. The third-order valence-electron chi connectivity index (χ3n) is 3.74. The van der Waals surface area contributed by atoms with Crippen molar-refractivity contribution < 1.29 is 9.84 Å². The highest BCUT2D eigenvalue weighted by molar-refractivity contribution is 4.82. The van der Waals surface area contributed by atoms with E-state index < -0.39 is 5.60 Å². The van der Waals surface area contributed by atoms with Crippen LogP contribution in [0.2, 0.25) is 0 Å². The van der Waals surface area contributed by atoms with Gasteiger partial charge in [-0.15, -0.1) is 0 Å². The molecule has 90 valence electrons.